The third-order valence-corrected chi connectivity index (χ3v) is 5.33. The molecular weight excluding hydrogens is 324 g/mol. The predicted molar refractivity (Wildman–Crippen MR) is 88.7 cm³/mol. The van der Waals surface area contributed by atoms with Gasteiger partial charge in [-0.05, 0) is 31.9 Å². The summed E-state index contributed by atoms with van der Waals surface area (Å²) in [5, 5.41) is 0. The van der Waals surface area contributed by atoms with Gasteiger partial charge in [-0.2, -0.15) is 0 Å². The van der Waals surface area contributed by atoms with E-state index in [1.54, 1.807) is 28.9 Å². The van der Waals surface area contributed by atoms with Gasteiger partial charge in [-0.25, -0.2) is 0 Å². The zero-order valence-corrected chi connectivity index (χ0v) is 14.7. The molecule has 7 nitrogen and oxygen atoms in total. The quantitative estimate of drug-likeness (QED) is 0.774. The van der Waals surface area contributed by atoms with Gasteiger partial charge in [0.15, 0.2) is 5.76 Å². The Bertz CT molecular complexity index is 656. The topological polar surface area (TPSA) is 80.1 Å². The van der Waals surface area contributed by atoms with Gasteiger partial charge in [0.1, 0.15) is 0 Å². The third-order valence-electron chi connectivity index (χ3n) is 5.33. The van der Waals surface area contributed by atoms with E-state index < -0.39 is 5.41 Å². The van der Waals surface area contributed by atoms with Crippen molar-refractivity contribution in [1.82, 2.24) is 9.80 Å². The summed E-state index contributed by atoms with van der Waals surface area (Å²) in [6.45, 7) is 5.42. The van der Waals surface area contributed by atoms with E-state index in [0.29, 0.717) is 51.4 Å². The molecule has 0 aromatic carbocycles. The van der Waals surface area contributed by atoms with Crippen LogP contribution >= 0.6 is 0 Å². The summed E-state index contributed by atoms with van der Waals surface area (Å²) in [7, 11) is 0. The van der Waals surface area contributed by atoms with Crippen LogP contribution in [0.25, 0.3) is 0 Å². The summed E-state index contributed by atoms with van der Waals surface area (Å²) in [4.78, 5) is 40.7. The Morgan fingerprint density at radius 1 is 1.32 bits per heavy atom. The summed E-state index contributed by atoms with van der Waals surface area (Å²) in [6.07, 6.45) is 2.77. The molecule has 2 atom stereocenters. The number of furan rings is 1. The van der Waals surface area contributed by atoms with Gasteiger partial charge in [-0.1, -0.05) is 0 Å². The molecule has 0 radical (unpaired) electrons. The zero-order chi connectivity index (χ0) is 18.0. The normalized spacial score (nSPS) is 26.1. The number of ether oxygens (including phenoxy) is 1. The lowest BCUT2D eigenvalue weighted by atomic mass is 9.75. The second-order valence-electron chi connectivity index (χ2n) is 6.81. The lowest BCUT2D eigenvalue weighted by molar-refractivity contribution is -0.157. The molecule has 25 heavy (non-hydrogen) atoms. The highest BCUT2D eigenvalue weighted by atomic mass is 16.5. The third kappa shape index (κ3) is 3.15. The molecule has 1 aromatic rings. The molecule has 3 heterocycles. The highest BCUT2D eigenvalue weighted by Gasteiger charge is 2.55. The number of likely N-dealkylation sites (tertiary alicyclic amines) is 2. The van der Waals surface area contributed by atoms with Crippen LogP contribution in [-0.2, 0) is 14.3 Å². The van der Waals surface area contributed by atoms with Crippen molar-refractivity contribution < 1.29 is 23.5 Å². The van der Waals surface area contributed by atoms with E-state index in [4.69, 9.17) is 9.15 Å². The Morgan fingerprint density at radius 2 is 2.08 bits per heavy atom. The largest absolute Gasteiger partial charge is 0.466 e. The van der Waals surface area contributed by atoms with Crippen molar-refractivity contribution in [2.45, 2.75) is 26.7 Å². The number of hydrogen-bond donors (Lipinski definition) is 0. The Morgan fingerprint density at radius 3 is 2.72 bits per heavy atom. The molecule has 0 unspecified atom stereocenters. The maximum Gasteiger partial charge on any atom is 0.314 e. The van der Waals surface area contributed by atoms with Crippen molar-refractivity contribution in [2.75, 3.05) is 32.8 Å². The van der Waals surface area contributed by atoms with Crippen molar-refractivity contribution in [3.8, 4) is 0 Å². The van der Waals surface area contributed by atoms with Crippen LogP contribution in [0, 0.1) is 11.3 Å². The first-order valence-corrected chi connectivity index (χ1v) is 8.73. The molecule has 0 bridgehead atoms. The summed E-state index contributed by atoms with van der Waals surface area (Å²) >= 11 is 0. The van der Waals surface area contributed by atoms with E-state index in [9.17, 15) is 14.4 Å². The van der Waals surface area contributed by atoms with Crippen LogP contribution in [0.15, 0.2) is 22.8 Å². The van der Waals surface area contributed by atoms with Gasteiger partial charge in [0.25, 0.3) is 5.91 Å². The van der Waals surface area contributed by atoms with Gasteiger partial charge in [-0.3, -0.25) is 14.4 Å². The first-order chi connectivity index (χ1) is 12.0. The van der Waals surface area contributed by atoms with Crippen LogP contribution < -0.4 is 0 Å². The number of nitrogens with zero attached hydrogens (tertiary/aromatic N) is 2. The zero-order valence-electron chi connectivity index (χ0n) is 14.7. The van der Waals surface area contributed by atoms with Crippen LogP contribution in [0.3, 0.4) is 0 Å². The standard InChI is InChI=1S/C18H24N2O5/c1-3-24-17(23)18-7-5-8-19(16(22)15-6-4-9-25-15)10-14(18)11-20(12-18)13(2)21/h4,6,9,14H,3,5,7-8,10-12H2,1-2H3/t14-,18-/m0/s1. The van der Waals surface area contributed by atoms with Gasteiger partial charge in [0.2, 0.25) is 5.91 Å². The van der Waals surface area contributed by atoms with Gasteiger partial charge in [0.05, 0.1) is 18.3 Å². The second kappa shape index (κ2) is 6.90. The van der Waals surface area contributed by atoms with Crippen molar-refractivity contribution in [3.05, 3.63) is 24.2 Å². The van der Waals surface area contributed by atoms with Gasteiger partial charge >= 0.3 is 5.97 Å². The second-order valence-corrected chi connectivity index (χ2v) is 6.81. The van der Waals surface area contributed by atoms with Crippen LogP contribution in [0.4, 0.5) is 0 Å². The van der Waals surface area contributed by atoms with E-state index >= 15 is 0 Å². The monoisotopic (exact) mass is 348 g/mol. The molecule has 1 aromatic heterocycles. The van der Waals surface area contributed by atoms with Gasteiger partial charge in [-0.15, -0.1) is 0 Å². The fourth-order valence-corrected chi connectivity index (χ4v) is 4.02. The van der Waals surface area contributed by atoms with Crippen LogP contribution in [-0.4, -0.2) is 60.4 Å². The SMILES string of the molecule is CCOC(=O)[C@]12CCCN(C(=O)c3ccco3)C[C@H]1CN(C(C)=O)C2. The maximum atomic E-state index is 12.7. The molecule has 2 aliphatic heterocycles. The maximum absolute atomic E-state index is 12.7. The number of carbonyl (C=O) groups excluding carboxylic acids is 3. The van der Waals surface area contributed by atoms with E-state index in [1.165, 1.54) is 13.2 Å². The molecule has 2 saturated heterocycles. The van der Waals surface area contributed by atoms with Crippen molar-refractivity contribution >= 4 is 17.8 Å². The first-order valence-electron chi connectivity index (χ1n) is 8.73. The molecule has 7 heteroatoms. The molecule has 2 amide bonds. The molecule has 136 valence electrons. The number of hydrogen-bond acceptors (Lipinski definition) is 5. The lowest BCUT2D eigenvalue weighted by Gasteiger charge is -2.31. The summed E-state index contributed by atoms with van der Waals surface area (Å²) in [5.41, 5.74) is -0.722. The van der Waals surface area contributed by atoms with E-state index in [1.807, 2.05) is 0 Å². The number of rotatable bonds is 3. The lowest BCUT2D eigenvalue weighted by Crippen LogP contribution is -2.43. The molecule has 0 spiro atoms. The van der Waals surface area contributed by atoms with Crippen LogP contribution in [0.2, 0.25) is 0 Å². The predicted octanol–water partition coefficient (Wildman–Crippen LogP) is 1.54. The minimum atomic E-state index is -0.722. The van der Waals surface area contributed by atoms with Crippen molar-refractivity contribution in [1.29, 1.82) is 0 Å². The molecule has 0 aliphatic carbocycles. The van der Waals surface area contributed by atoms with E-state index in [0.717, 1.165) is 0 Å². The smallest absolute Gasteiger partial charge is 0.314 e. The van der Waals surface area contributed by atoms with E-state index in [2.05, 4.69) is 0 Å². The molecular formula is C18H24N2O5. The number of esters is 1. The highest BCUT2D eigenvalue weighted by Crippen LogP contribution is 2.44. The molecule has 2 fully saturated rings. The minimum Gasteiger partial charge on any atom is -0.466 e. The van der Waals surface area contributed by atoms with Crippen LogP contribution in [0.5, 0.6) is 0 Å². The summed E-state index contributed by atoms with van der Waals surface area (Å²) < 4.78 is 10.6. The van der Waals surface area contributed by atoms with Gasteiger partial charge in [0, 0.05) is 39.0 Å². The van der Waals surface area contributed by atoms with Crippen molar-refractivity contribution in [3.63, 3.8) is 0 Å². The highest BCUT2D eigenvalue weighted by molar-refractivity contribution is 5.91. The Labute approximate surface area is 146 Å². The summed E-state index contributed by atoms with van der Waals surface area (Å²) in [6, 6.07) is 3.32. The fraction of sp³-hybridized carbons (Fsp3) is 0.611. The molecule has 2 aliphatic rings. The minimum absolute atomic E-state index is 0.0549. The van der Waals surface area contributed by atoms with Gasteiger partial charge < -0.3 is 19.0 Å². The number of fused-ring (bicyclic) bond motifs is 1. The van der Waals surface area contributed by atoms with Crippen LogP contribution in [0.1, 0.15) is 37.2 Å². The van der Waals surface area contributed by atoms with Crippen molar-refractivity contribution in [2.24, 2.45) is 11.3 Å². The Balaban J connectivity index is 1.86. The average molecular weight is 348 g/mol. The summed E-state index contributed by atoms with van der Waals surface area (Å²) in [5.74, 6) is -0.315. The Hall–Kier alpha value is -2.31. The van der Waals surface area contributed by atoms with E-state index in [-0.39, 0.29) is 23.7 Å². The number of carbonyl (C=O) groups is 3. The molecule has 0 N–H and O–H groups in total. The average Bonchev–Trinajstić information content (AvgIpc) is 3.19. The Kier molecular flexibility index (Phi) is 4.83. The first kappa shape index (κ1) is 17.5. The fourth-order valence-electron chi connectivity index (χ4n) is 4.02. The molecule has 0 saturated carbocycles. The molecule has 3 rings (SSSR count). The number of amides is 2.